The van der Waals surface area contributed by atoms with Gasteiger partial charge in [-0.25, -0.2) is 29.7 Å². The maximum absolute atomic E-state index is 13.5. The number of esters is 1. The number of carbonyl (C=O) groups is 3. The molecule has 0 saturated carbocycles. The zero-order chi connectivity index (χ0) is 27.9. The van der Waals surface area contributed by atoms with E-state index in [1.165, 1.54) is 29.2 Å². The standard InChI is InChI=1S/C27H27ClFN5O5/c1-2-38-24(35)15-16-32-26(36)33(17-18-3-5-19(28)6-4-18)25(34(30)27(32)37)31-21-9-13-23(14-10-21)39-22-11-7-20(29)8-12-22/h3-14,25,31H,2,15-17,30H2,1H3. The molecular formula is C27H27ClFN5O5. The number of hydrazine groups is 1. The third-order valence-corrected chi connectivity index (χ3v) is 6.05. The highest BCUT2D eigenvalue weighted by Gasteiger charge is 2.43. The Morgan fingerprint density at radius 1 is 0.974 bits per heavy atom. The minimum Gasteiger partial charge on any atom is -0.466 e. The molecule has 4 rings (SSSR count). The molecule has 1 aliphatic rings. The van der Waals surface area contributed by atoms with Gasteiger partial charge in [0, 0.05) is 17.3 Å². The molecule has 1 saturated heterocycles. The summed E-state index contributed by atoms with van der Waals surface area (Å²) in [7, 11) is 0. The smallest absolute Gasteiger partial charge is 0.345 e. The van der Waals surface area contributed by atoms with Crippen LogP contribution in [0.25, 0.3) is 0 Å². The Labute approximate surface area is 229 Å². The van der Waals surface area contributed by atoms with E-state index < -0.39 is 24.3 Å². The zero-order valence-electron chi connectivity index (χ0n) is 21.1. The van der Waals surface area contributed by atoms with E-state index in [1.54, 1.807) is 55.5 Å². The lowest BCUT2D eigenvalue weighted by atomic mass is 10.2. The van der Waals surface area contributed by atoms with Crippen LogP contribution in [0.2, 0.25) is 5.02 Å². The van der Waals surface area contributed by atoms with Crippen LogP contribution in [-0.4, -0.2) is 52.3 Å². The van der Waals surface area contributed by atoms with Crippen LogP contribution < -0.4 is 15.9 Å². The van der Waals surface area contributed by atoms with Crippen molar-refractivity contribution in [2.24, 2.45) is 5.84 Å². The third kappa shape index (κ3) is 6.95. The SMILES string of the molecule is CCOC(=O)CCN1C(=O)N(N)C(Nc2ccc(Oc3ccc(F)cc3)cc2)N(Cc2ccc(Cl)cc2)C1=O. The molecule has 204 valence electrons. The number of hydrogen-bond donors (Lipinski definition) is 2. The number of nitrogens with zero attached hydrogens (tertiary/aromatic N) is 3. The number of amides is 4. The first-order valence-corrected chi connectivity index (χ1v) is 12.5. The molecule has 12 heteroatoms. The summed E-state index contributed by atoms with van der Waals surface area (Å²) in [6.45, 7) is 1.76. The molecule has 1 fully saturated rings. The van der Waals surface area contributed by atoms with E-state index in [0.29, 0.717) is 22.2 Å². The summed E-state index contributed by atoms with van der Waals surface area (Å²) >= 11 is 6.01. The topological polar surface area (TPSA) is 117 Å². The summed E-state index contributed by atoms with van der Waals surface area (Å²) in [4.78, 5) is 40.7. The van der Waals surface area contributed by atoms with E-state index in [0.717, 1.165) is 15.5 Å². The molecule has 3 N–H and O–H groups in total. The summed E-state index contributed by atoms with van der Waals surface area (Å²) in [6, 6.07) is 17.8. The molecule has 0 spiro atoms. The van der Waals surface area contributed by atoms with Crippen molar-refractivity contribution in [2.75, 3.05) is 18.5 Å². The first kappa shape index (κ1) is 27.7. The first-order valence-electron chi connectivity index (χ1n) is 12.1. The molecule has 3 aromatic carbocycles. The normalized spacial score (nSPS) is 15.4. The number of imide groups is 1. The van der Waals surface area contributed by atoms with Crippen molar-refractivity contribution in [2.45, 2.75) is 26.2 Å². The van der Waals surface area contributed by atoms with Crippen LogP contribution in [0.1, 0.15) is 18.9 Å². The summed E-state index contributed by atoms with van der Waals surface area (Å²) in [5.41, 5.74) is 1.29. The molecule has 0 bridgehead atoms. The minimum atomic E-state index is -1.05. The molecule has 1 unspecified atom stereocenters. The van der Waals surface area contributed by atoms with Crippen molar-refractivity contribution >= 4 is 35.3 Å². The van der Waals surface area contributed by atoms with Gasteiger partial charge in [-0.15, -0.1) is 0 Å². The number of halogens is 2. The predicted octanol–water partition coefficient (Wildman–Crippen LogP) is 5.15. The maximum atomic E-state index is 13.5. The van der Waals surface area contributed by atoms with Crippen LogP contribution in [-0.2, 0) is 16.1 Å². The summed E-state index contributed by atoms with van der Waals surface area (Å²) < 4.78 is 23.8. The highest BCUT2D eigenvalue weighted by atomic mass is 35.5. The number of hydrogen-bond acceptors (Lipinski definition) is 7. The zero-order valence-corrected chi connectivity index (χ0v) is 21.8. The van der Waals surface area contributed by atoms with Crippen LogP contribution >= 0.6 is 11.6 Å². The van der Waals surface area contributed by atoms with Crippen molar-refractivity contribution < 1.29 is 28.2 Å². The Bertz CT molecular complexity index is 1310. The fourth-order valence-corrected chi connectivity index (χ4v) is 3.98. The molecule has 1 heterocycles. The molecule has 1 aliphatic heterocycles. The van der Waals surface area contributed by atoms with E-state index in [-0.39, 0.29) is 31.9 Å². The molecule has 3 aromatic rings. The molecule has 4 amide bonds. The molecule has 39 heavy (non-hydrogen) atoms. The second-order valence-electron chi connectivity index (χ2n) is 8.53. The summed E-state index contributed by atoms with van der Waals surface area (Å²) in [5, 5.41) is 4.54. The summed E-state index contributed by atoms with van der Waals surface area (Å²) in [6.07, 6.45) is -1.22. The highest BCUT2D eigenvalue weighted by molar-refractivity contribution is 6.30. The van der Waals surface area contributed by atoms with Gasteiger partial charge in [0.05, 0.1) is 19.6 Å². The van der Waals surface area contributed by atoms with Gasteiger partial charge < -0.3 is 14.8 Å². The van der Waals surface area contributed by atoms with Gasteiger partial charge in [-0.05, 0) is 73.2 Å². The predicted molar refractivity (Wildman–Crippen MR) is 142 cm³/mol. The van der Waals surface area contributed by atoms with Crippen LogP contribution in [0.3, 0.4) is 0 Å². The van der Waals surface area contributed by atoms with Crippen molar-refractivity contribution in [3.63, 3.8) is 0 Å². The van der Waals surface area contributed by atoms with Crippen LogP contribution in [0.15, 0.2) is 72.8 Å². The van der Waals surface area contributed by atoms with Gasteiger partial charge in [0.1, 0.15) is 17.3 Å². The van der Waals surface area contributed by atoms with Gasteiger partial charge in [0.25, 0.3) is 0 Å². The average molecular weight is 556 g/mol. The Morgan fingerprint density at radius 2 is 1.59 bits per heavy atom. The highest BCUT2D eigenvalue weighted by Crippen LogP contribution is 2.26. The second kappa shape index (κ2) is 12.5. The van der Waals surface area contributed by atoms with Gasteiger partial charge in [0.2, 0.25) is 6.29 Å². The van der Waals surface area contributed by atoms with Crippen LogP contribution in [0.5, 0.6) is 11.5 Å². The average Bonchev–Trinajstić information content (AvgIpc) is 2.93. The van der Waals surface area contributed by atoms with E-state index in [2.05, 4.69) is 5.32 Å². The van der Waals surface area contributed by atoms with Crippen molar-refractivity contribution in [3.05, 3.63) is 89.2 Å². The quantitative estimate of drug-likeness (QED) is 0.202. The summed E-state index contributed by atoms with van der Waals surface area (Å²) in [5.74, 6) is 6.25. The fraction of sp³-hybridized carbons (Fsp3) is 0.222. The van der Waals surface area contributed by atoms with Gasteiger partial charge >= 0.3 is 18.0 Å². The lowest BCUT2D eigenvalue weighted by Gasteiger charge is -2.45. The third-order valence-electron chi connectivity index (χ3n) is 5.80. The molecular weight excluding hydrogens is 529 g/mol. The Hall–Kier alpha value is -4.35. The number of nitrogens with two attached hydrogens (primary N) is 1. The van der Waals surface area contributed by atoms with Gasteiger partial charge in [-0.2, -0.15) is 0 Å². The lowest BCUT2D eigenvalue weighted by Crippen LogP contribution is -2.70. The second-order valence-corrected chi connectivity index (χ2v) is 8.97. The van der Waals surface area contributed by atoms with Crippen LogP contribution in [0, 0.1) is 5.82 Å². The van der Waals surface area contributed by atoms with E-state index >= 15 is 0 Å². The number of carbonyl (C=O) groups excluding carboxylic acids is 3. The number of nitrogens with one attached hydrogen (secondary N) is 1. The van der Waals surface area contributed by atoms with Crippen molar-refractivity contribution in [1.29, 1.82) is 0 Å². The van der Waals surface area contributed by atoms with E-state index in [9.17, 15) is 18.8 Å². The molecule has 1 atom stereocenters. The minimum absolute atomic E-state index is 0.0936. The van der Waals surface area contributed by atoms with E-state index in [4.69, 9.17) is 26.9 Å². The lowest BCUT2D eigenvalue weighted by molar-refractivity contribution is -0.143. The fourth-order valence-electron chi connectivity index (χ4n) is 3.86. The number of rotatable bonds is 10. The molecule has 10 nitrogen and oxygen atoms in total. The molecule has 0 radical (unpaired) electrons. The molecule has 0 aromatic heterocycles. The van der Waals surface area contributed by atoms with Crippen LogP contribution in [0.4, 0.5) is 19.7 Å². The van der Waals surface area contributed by atoms with E-state index in [1.807, 2.05) is 0 Å². The largest absolute Gasteiger partial charge is 0.466 e. The first-order chi connectivity index (χ1) is 18.7. The number of urea groups is 2. The maximum Gasteiger partial charge on any atom is 0.345 e. The number of ether oxygens (including phenoxy) is 2. The van der Waals surface area contributed by atoms with Gasteiger partial charge in [-0.3, -0.25) is 9.69 Å². The Balaban J connectivity index is 1.53. The van der Waals surface area contributed by atoms with Crippen molar-refractivity contribution in [1.82, 2.24) is 14.8 Å². The monoisotopic (exact) mass is 555 g/mol. The Morgan fingerprint density at radius 3 is 2.21 bits per heavy atom. The number of benzene rings is 3. The Kier molecular flexibility index (Phi) is 8.84. The van der Waals surface area contributed by atoms with Gasteiger partial charge in [0.15, 0.2) is 0 Å². The number of anilines is 1. The molecule has 0 aliphatic carbocycles. The van der Waals surface area contributed by atoms with Gasteiger partial charge in [-0.1, -0.05) is 23.7 Å². The van der Waals surface area contributed by atoms with Crippen molar-refractivity contribution in [3.8, 4) is 11.5 Å².